The summed E-state index contributed by atoms with van der Waals surface area (Å²) in [5.74, 6) is 1.00. The van der Waals surface area contributed by atoms with Crippen LogP contribution in [0, 0.1) is 6.92 Å². The quantitative estimate of drug-likeness (QED) is 0.530. The van der Waals surface area contributed by atoms with Crippen LogP contribution in [0.1, 0.15) is 48.0 Å². The minimum Gasteiger partial charge on any atom is -0.493 e. The van der Waals surface area contributed by atoms with Crippen molar-refractivity contribution in [3.63, 3.8) is 0 Å². The first kappa shape index (κ1) is 21.0. The summed E-state index contributed by atoms with van der Waals surface area (Å²) in [4.78, 5) is 12.7. The second-order valence-corrected chi connectivity index (χ2v) is 7.97. The molecule has 162 valence electrons. The van der Waals surface area contributed by atoms with Crippen molar-refractivity contribution in [2.75, 3.05) is 13.7 Å². The minimum atomic E-state index is -0.389. The third-order valence-electron chi connectivity index (χ3n) is 5.38. The number of benzene rings is 2. The number of aromatic nitrogens is 2. The molecule has 0 radical (unpaired) electrons. The standard InChI is InChI=1S/C25H28N2O4/c1-6-30-25(28)23-19-12-9-17-13-21(29-5)22(31-15(2)3)14-20(17)24(19)27(26-23)18-10-7-16(4)8-11-18/h7-8,10-11,13-15H,6,9,12H2,1-5H3. The van der Waals surface area contributed by atoms with Gasteiger partial charge in [-0.15, -0.1) is 0 Å². The van der Waals surface area contributed by atoms with Gasteiger partial charge in [0.05, 0.1) is 31.2 Å². The van der Waals surface area contributed by atoms with E-state index in [0.717, 1.165) is 40.1 Å². The first-order valence-electron chi connectivity index (χ1n) is 10.7. The minimum absolute atomic E-state index is 0.00659. The van der Waals surface area contributed by atoms with E-state index in [1.165, 1.54) is 0 Å². The summed E-state index contributed by atoms with van der Waals surface area (Å²) in [6.07, 6.45) is 1.50. The van der Waals surface area contributed by atoms with Crippen LogP contribution in [0.5, 0.6) is 11.5 Å². The predicted octanol–water partition coefficient (Wildman–Crippen LogP) is 4.92. The van der Waals surface area contributed by atoms with E-state index in [-0.39, 0.29) is 12.1 Å². The maximum atomic E-state index is 12.7. The normalized spacial score (nSPS) is 12.3. The summed E-state index contributed by atoms with van der Waals surface area (Å²) in [5, 5.41) is 4.71. The van der Waals surface area contributed by atoms with Gasteiger partial charge in [0.25, 0.3) is 0 Å². The number of nitrogens with zero attached hydrogens (tertiary/aromatic N) is 2. The highest BCUT2D eigenvalue weighted by Gasteiger charge is 2.31. The lowest BCUT2D eigenvalue weighted by Gasteiger charge is -2.22. The van der Waals surface area contributed by atoms with E-state index in [0.29, 0.717) is 30.2 Å². The molecule has 0 unspecified atom stereocenters. The Bertz CT molecular complexity index is 1110. The number of esters is 1. The van der Waals surface area contributed by atoms with Crippen LogP contribution < -0.4 is 9.47 Å². The third-order valence-corrected chi connectivity index (χ3v) is 5.38. The number of aryl methyl sites for hydroxylation is 2. The van der Waals surface area contributed by atoms with Crippen LogP contribution >= 0.6 is 0 Å². The van der Waals surface area contributed by atoms with Crippen LogP contribution in [0.3, 0.4) is 0 Å². The first-order chi connectivity index (χ1) is 14.9. The highest BCUT2D eigenvalue weighted by molar-refractivity contribution is 5.92. The van der Waals surface area contributed by atoms with Crippen molar-refractivity contribution in [1.82, 2.24) is 9.78 Å². The Morgan fingerprint density at radius 3 is 2.52 bits per heavy atom. The van der Waals surface area contributed by atoms with Gasteiger partial charge in [0, 0.05) is 11.1 Å². The van der Waals surface area contributed by atoms with Crippen LogP contribution in [0.15, 0.2) is 36.4 Å². The zero-order chi connectivity index (χ0) is 22.1. The highest BCUT2D eigenvalue weighted by atomic mass is 16.5. The van der Waals surface area contributed by atoms with Gasteiger partial charge in [0.2, 0.25) is 0 Å². The molecule has 0 atom stereocenters. The summed E-state index contributed by atoms with van der Waals surface area (Å²) >= 11 is 0. The van der Waals surface area contributed by atoms with Gasteiger partial charge in [-0.25, -0.2) is 9.48 Å². The molecular formula is C25H28N2O4. The van der Waals surface area contributed by atoms with Crippen molar-refractivity contribution >= 4 is 5.97 Å². The van der Waals surface area contributed by atoms with Crippen molar-refractivity contribution in [3.8, 4) is 28.4 Å². The smallest absolute Gasteiger partial charge is 0.359 e. The van der Waals surface area contributed by atoms with Crippen LogP contribution in [0.2, 0.25) is 0 Å². The van der Waals surface area contributed by atoms with Crippen LogP contribution in [0.25, 0.3) is 16.9 Å². The summed E-state index contributed by atoms with van der Waals surface area (Å²) in [6.45, 7) is 8.13. The van der Waals surface area contributed by atoms with Crippen molar-refractivity contribution in [3.05, 3.63) is 58.8 Å². The molecule has 0 spiro atoms. The van der Waals surface area contributed by atoms with Crippen LogP contribution in [-0.4, -0.2) is 35.6 Å². The Hall–Kier alpha value is -3.28. The first-order valence-corrected chi connectivity index (χ1v) is 10.7. The molecule has 0 N–H and O–H groups in total. The Kier molecular flexibility index (Phi) is 5.72. The molecule has 31 heavy (non-hydrogen) atoms. The number of carbonyl (C=O) groups is 1. The van der Waals surface area contributed by atoms with Crippen molar-refractivity contribution < 1.29 is 19.0 Å². The molecule has 6 heteroatoms. The topological polar surface area (TPSA) is 62.6 Å². The molecule has 2 aromatic carbocycles. The number of carbonyl (C=O) groups excluding carboxylic acids is 1. The average Bonchev–Trinajstić information content (AvgIpc) is 3.14. The lowest BCUT2D eigenvalue weighted by molar-refractivity contribution is 0.0517. The number of ether oxygens (including phenoxy) is 3. The van der Waals surface area contributed by atoms with E-state index in [2.05, 4.69) is 0 Å². The van der Waals surface area contributed by atoms with Crippen LogP contribution in [-0.2, 0) is 17.6 Å². The van der Waals surface area contributed by atoms with Gasteiger partial charge >= 0.3 is 5.97 Å². The molecule has 1 aliphatic carbocycles. The van der Waals surface area contributed by atoms with Gasteiger partial charge in [-0.05, 0) is 70.4 Å². The van der Waals surface area contributed by atoms with Gasteiger partial charge < -0.3 is 14.2 Å². The number of hydrogen-bond donors (Lipinski definition) is 0. The number of methoxy groups -OCH3 is 1. The van der Waals surface area contributed by atoms with Crippen molar-refractivity contribution in [1.29, 1.82) is 0 Å². The lowest BCUT2D eigenvalue weighted by atomic mass is 9.88. The molecule has 0 amide bonds. The number of fused-ring (bicyclic) bond motifs is 3. The van der Waals surface area contributed by atoms with E-state index in [1.807, 2.05) is 61.9 Å². The number of rotatable bonds is 6. The monoisotopic (exact) mass is 420 g/mol. The summed E-state index contributed by atoms with van der Waals surface area (Å²) < 4.78 is 18.8. The average molecular weight is 421 g/mol. The molecular weight excluding hydrogens is 392 g/mol. The molecule has 1 heterocycles. The highest BCUT2D eigenvalue weighted by Crippen LogP contribution is 2.42. The third kappa shape index (κ3) is 3.90. The molecule has 4 rings (SSSR count). The van der Waals surface area contributed by atoms with Crippen molar-refractivity contribution in [2.24, 2.45) is 0 Å². The lowest BCUT2D eigenvalue weighted by Crippen LogP contribution is -2.12. The van der Waals surface area contributed by atoms with Gasteiger partial charge in [0.15, 0.2) is 17.2 Å². The molecule has 6 nitrogen and oxygen atoms in total. The zero-order valence-electron chi connectivity index (χ0n) is 18.7. The molecule has 0 saturated carbocycles. The Morgan fingerprint density at radius 2 is 1.87 bits per heavy atom. The molecule has 1 aliphatic rings. The predicted molar refractivity (Wildman–Crippen MR) is 119 cm³/mol. The molecule has 1 aromatic heterocycles. The fourth-order valence-electron chi connectivity index (χ4n) is 3.99. The van der Waals surface area contributed by atoms with Gasteiger partial charge in [-0.1, -0.05) is 17.7 Å². The largest absolute Gasteiger partial charge is 0.493 e. The number of hydrogen-bond acceptors (Lipinski definition) is 5. The Morgan fingerprint density at radius 1 is 1.13 bits per heavy atom. The van der Waals surface area contributed by atoms with Gasteiger partial charge in [-0.3, -0.25) is 0 Å². The molecule has 3 aromatic rings. The molecule has 0 aliphatic heterocycles. The van der Waals surface area contributed by atoms with E-state index >= 15 is 0 Å². The Balaban J connectivity index is 1.95. The van der Waals surface area contributed by atoms with Gasteiger partial charge in [0.1, 0.15) is 0 Å². The molecule has 0 fully saturated rings. The SMILES string of the molecule is CCOC(=O)c1nn(-c2ccc(C)cc2)c2c1CCc1cc(OC)c(OC(C)C)cc1-2. The maximum Gasteiger partial charge on any atom is 0.359 e. The van der Waals surface area contributed by atoms with E-state index in [4.69, 9.17) is 19.3 Å². The molecule has 0 saturated heterocycles. The summed E-state index contributed by atoms with van der Waals surface area (Å²) in [6, 6.07) is 12.2. The fourth-order valence-corrected chi connectivity index (χ4v) is 3.99. The Labute approximate surface area is 182 Å². The van der Waals surface area contributed by atoms with Crippen molar-refractivity contribution in [2.45, 2.75) is 46.6 Å². The van der Waals surface area contributed by atoms with Gasteiger partial charge in [-0.2, -0.15) is 5.10 Å². The van der Waals surface area contributed by atoms with E-state index < -0.39 is 0 Å². The summed E-state index contributed by atoms with van der Waals surface area (Å²) in [5.41, 5.74) is 6.40. The summed E-state index contributed by atoms with van der Waals surface area (Å²) in [7, 11) is 1.65. The van der Waals surface area contributed by atoms with E-state index in [1.54, 1.807) is 14.0 Å². The maximum absolute atomic E-state index is 12.7. The van der Waals surface area contributed by atoms with E-state index in [9.17, 15) is 4.79 Å². The second-order valence-electron chi connectivity index (χ2n) is 7.97. The van der Waals surface area contributed by atoms with Crippen LogP contribution in [0.4, 0.5) is 0 Å². The zero-order valence-corrected chi connectivity index (χ0v) is 18.7. The molecule has 0 bridgehead atoms. The fraction of sp³-hybridized carbons (Fsp3) is 0.360. The second kappa shape index (κ2) is 8.46.